The van der Waals surface area contributed by atoms with Gasteiger partial charge in [-0.15, -0.1) is 0 Å². The molecular formula is C12H26O2. The van der Waals surface area contributed by atoms with Crippen LogP contribution in [0.15, 0.2) is 0 Å². The van der Waals surface area contributed by atoms with E-state index in [1.807, 2.05) is 6.92 Å². The van der Waals surface area contributed by atoms with E-state index < -0.39 is 5.60 Å². The molecule has 14 heavy (non-hydrogen) atoms. The lowest BCUT2D eigenvalue weighted by Crippen LogP contribution is -2.32. The van der Waals surface area contributed by atoms with E-state index in [-0.39, 0.29) is 6.61 Å². The van der Waals surface area contributed by atoms with Crippen LogP contribution >= 0.6 is 0 Å². The Morgan fingerprint density at radius 1 is 0.857 bits per heavy atom. The van der Waals surface area contributed by atoms with Gasteiger partial charge < -0.3 is 10.2 Å². The van der Waals surface area contributed by atoms with Crippen LogP contribution in [0.3, 0.4) is 0 Å². The standard InChI is InChI=1S/C12H26O2/c1-3-5-6-7-8-10-12(14,11-13)9-4-2/h13-14H,3-11H2,1-2H3. The molecule has 0 aliphatic rings. The van der Waals surface area contributed by atoms with Gasteiger partial charge in [-0.3, -0.25) is 0 Å². The monoisotopic (exact) mass is 202 g/mol. The molecule has 2 nitrogen and oxygen atoms in total. The zero-order chi connectivity index (χ0) is 10.9. The van der Waals surface area contributed by atoms with Crippen LogP contribution in [0, 0.1) is 0 Å². The number of unbranched alkanes of at least 4 members (excludes halogenated alkanes) is 4. The smallest absolute Gasteiger partial charge is 0.0877 e. The molecule has 2 N–H and O–H groups in total. The zero-order valence-electron chi connectivity index (χ0n) is 9.76. The lowest BCUT2D eigenvalue weighted by Gasteiger charge is -2.25. The summed E-state index contributed by atoms with van der Waals surface area (Å²) in [6, 6.07) is 0. The number of aliphatic hydroxyl groups is 2. The Labute approximate surface area is 88.3 Å². The van der Waals surface area contributed by atoms with Gasteiger partial charge in [0.05, 0.1) is 12.2 Å². The predicted molar refractivity (Wildman–Crippen MR) is 60.3 cm³/mol. The van der Waals surface area contributed by atoms with Crippen molar-refractivity contribution < 1.29 is 10.2 Å². The molecule has 0 aromatic heterocycles. The first kappa shape index (κ1) is 13.9. The van der Waals surface area contributed by atoms with Crippen molar-refractivity contribution in [1.29, 1.82) is 0 Å². The summed E-state index contributed by atoms with van der Waals surface area (Å²) < 4.78 is 0. The Hall–Kier alpha value is -0.0800. The summed E-state index contributed by atoms with van der Waals surface area (Å²) in [5.41, 5.74) is -0.805. The van der Waals surface area contributed by atoms with Gasteiger partial charge >= 0.3 is 0 Å². The molecule has 1 unspecified atom stereocenters. The molecule has 0 aromatic carbocycles. The van der Waals surface area contributed by atoms with E-state index in [4.69, 9.17) is 5.11 Å². The van der Waals surface area contributed by atoms with Gasteiger partial charge in [0.2, 0.25) is 0 Å². The fourth-order valence-electron chi connectivity index (χ4n) is 1.81. The highest BCUT2D eigenvalue weighted by molar-refractivity contribution is 4.76. The largest absolute Gasteiger partial charge is 0.393 e. The van der Waals surface area contributed by atoms with E-state index in [1.165, 1.54) is 25.7 Å². The summed E-state index contributed by atoms with van der Waals surface area (Å²) in [6.45, 7) is 4.15. The van der Waals surface area contributed by atoms with E-state index in [2.05, 4.69) is 6.92 Å². The fourth-order valence-corrected chi connectivity index (χ4v) is 1.81. The maximum Gasteiger partial charge on any atom is 0.0877 e. The van der Waals surface area contributed by atoms with Crippen molar-refractivity contribution >= 4 is 0 Å². The molecule has 0 radical (unpaired) electrons. The van der Waals surface area contributed by atoms with Crippen molar-refractivity contribution in [3.63, 3.8) is 0 Å². The van der Waals surface area contributed by atoms with Gasteiger partial charge in [0.1, 0.15) is 0 Å². The lowest BCUT2D eigenvalue weighted by atomic mass is 9.92. The minimum absolute atomic E-state index is 0.0887. The predicted octanol–water partition coefficient (Wildman–Crippen LogP) is 2.87. The normalized spacial score (nSPS) is 15.4. The van der Waals surface area contributed by atoms with Crippen LogP contribution in [-0.2, 0) is 0 Å². The summed E-state index contributed by atoms with van der Waals surface area (Å²) in [6.07, 6.45) is 8.41. The molecular weight excluding hydrogens is 176 g/mol. The third-order valence-electron chi connectivity index (χ3n) is 2.76. The molecule has 0 spiro atoms. The SMILES string of the molecule is CCCCCCCC(O)(CO)CCC. The maximum atomic E-state index is 9.93. The summed E-state index contributed by atoms with van der Waals surface area (Å²) in [5, 5.41) is 19.0. The van der Waals surface area contributed by atoms with Crippen LogP contribution < -0.4 is 0 Å². The summed E-state index contributed by atoms with van der Waals surface area (Å²) in [4.78, 5) is 0. The first-order valence-electron chi connectivity index (χ1n) is 6.01. The molecule has 86 valence electrons. The average molecular weight is 202 g/mol. The second kappa shape index (κ2) is 8.25. The maximum absolute atomic E-state index is 9.93. The molecule has 0 saturated carbocycles. The first-order valence-corrected chi connectivity index (χ1v) is 6.01. The minimum Gasteiger partial charge on any atom is -0.393 e. The number of rotatable bonds is 9. The zero-order valence-corrected chi connectivity index (χ0v) is 9.76. The van der Waals surface area contributed by atoms with E-state index in [9.17, 15) is 5.11 Å². The average Bonchev–Trinajstić information content (AvgIpc) is 2.18. The molecule has 1 atom stereocenters. The van der Waals surface area contributed by atoms with Crippen molar-refractivity contribution in [3.05, 3.63) is 0 Å². The van der Waals surface area contributed by atoms with E-state index in [0.29, 0.717) is 0 Å². The van der Waals surface area contributed by atoms with Crippen LogP contribution in [0.2, 0.25) is 0 Å². The lowest BCUT2D eigenvalue weighted by molar-refractivity contribution is -0.0301. The van der Waals surface area contributed by atoms with E-state index >= 15 is 0 Å². The third kappa shape index (κ3) is 6.39. The molecule has 0 aromatic rings. The number of hydrogen-bond acceptors (Lipinski definition) is 2. The van der Waals surface area contributed by atoms with E-state index in [1.54, 1.807) is 0 Å². The van der Waals surface area contributed by atoms with Gasteiger partial charge in [-0.1, -0.05) is 52.4 Å². The van der Waals surface area contributed by atoms with Crippen LogP contribution in [0.4, 0.5) is 0 Å². The first-order chi connectivity index (χ1) is 6.68. The summed E-state index contributed by atoms with van der Waals surface area (Å²) in [5.74, 6) is 0. The number of aliphatic hydroxyl groups excluding tert-OH is 1. The van der Waals surface area contributed by atoms with Crippen LogP contribution in [0.25, 0.3) is 0 Å². The quantitative estimate of drug-likeness (QED) is 0.564. The third-order valence-corrected chi connectivity index (χ3v) is 2.76. The van der Waals surface area contributed by atoms with Gasteiger partial charge in [-0.25, -0.2) is 0 Å². The van der Waals surface area contributed by atoms with Crippen molar-refractivity contribution in [1.82, 2.24) is 0 Å². The van der Waals surface area contributed by atoms with Crippen LogP contribution in [-0.4, -0.2) is 22.4 Å². The van der Waals surface area contributed by atoms with Gasteiger partial charge in [0, 0.05) is 0 Å². The van der Waals surface area contributed by atoms with Crippen molar-refractivity contribution in [2.75, 3.05) is 6.61 Å². The molecule has 0 heterocycles. The Kier molecular flexibility index (Phi) is 8.20. The Morgan fingerprint density at radius 3 is 2.00 bits per heavy atom. The molecule has 0 rings (SSSR count). The molecule has 0 amide bonds. The second-order valence-electron chi connectivity index (χ2n) is 4.30. The highest BCUT2D eigenvalue weighted by Crippen LogP contribution is 2.20. The fraction of sp³-hybridized carbons (Fsp3) is 1.00. The Balaban J connectivity index is 3.51. The molecule has 0 aliphatic carbocycles. The second-order valence-corrected chi connectivity index (χ2v) is 4.30. The van der Waals surface area contributed by atoms with Gasteiger partial charge in [0.25, 0.3) is 0 Å². The van der Waals surface area contributed by atoms with Gasteiger partial charge in [-0.2, -0.15) is 0 Å². The van der Waals surface area contributed by atoms with Crippen molar-refractivity contribution in [3.8, 4) is 0 Å². The number of hydrogen-bond donors (Lipinski definition) is 2. The van der Waals surface area contributed by atoms with Crippen molar-refractivity contribution in [2.45, 2.75) is 70.8 Å². The van der Waals surface area contributed by atoms with Gasteiger partial charge in [0.15, 0.2) is 0 Å². The molecule has 2 heteroatoms. The van der Waals surface area contributed by atoms with E-state index in [0.717, 1.165) is 25.7 Å². The highest BCUT2D eigenvalue weighted by Gasteiger charge is 2.23. The Morgan fingerprint density at radius 2 is 1.50 bits per heavy atom. The minimum atomic E-state index is -0.805. The highest BCUT2D eigenvalue weighted by atomic mass is 16.3. The summed E-state index contributed by atoms with van der Waals surface area (Å²) in [7, 11) is 0. The molecule has 0 bridgehead atoms. The molecule has 0 aliphatic heterocycles. The summed E-state index contributed by atoms with van der Waals surface area (Å²) >= 11 is 0. The van der Waals surface area contributed by atoms with Crippen LogP contribution in [0.1, 0.15) is 65.2 Å². The van der Waals surface area contributed by atoms with Gasteiger partial charge in [-0.05, 0) is 12.8 Å². The molecule has 0 saturated heterocycles. The molecule has 0 fully saturated rings. The topological polar surface area (TPSA) is 40.5 Å². The Bertz CT molecular complexity index is 125. The van der Waals surface area contributed by atoms with Crippen molar-refractivity contribution in [2.24, 2.45) is 0 Å². The van der Waals surface area contributed by atoms with Crippen LogP contribution in [0.5, 0.6) is 0 Å².